The van der Waals surface area contributed by atoms with Crippen LogP contribution in [0.5, 0.6) is 0 Å². The zero-order chi connectivity index (χ0) is 23.3. The molecule has 0 amide bonds. The van der Waals surface area contributed by atoms with E-state index in [1.165, 1.54) is 18.0 Å². The second-order valence-corrected chi connectivity index (χ2v) is 7.74. The Bertz CT molecular complexity index is 1580. The Balaban J connectivity index is 1.37. The summed E-state index contributed by atoms with van der Waals surface area (Å²) in [4.78, 5) is 29.5. The van der Waals surface area contributed by atoms with Crippen molar-refractivity contribution in [3.8, 4) is 0 Å². The fourth-order valence-corrected chi connectivity index (χ4v) is 3.70. The molecule has 0 aliphatic rings. The number of aromatic nitrogens is 6. The highest BCUT2D eigenvalue weighted by Crippen LogP contribution is 2.27. The minimum atomic E-state index is -1.28. The number of carboxylic acids is 1. The molecule has 4 aromatic heterocycles. The number of rotatable bonds is 6. The van der Waals surface area contributed by atoms with Gasteiger partial charge in [-0.15, -0.1) is 10.2 Å². The Morgan fingerprint density at radius 2 is 2.09 bits per heavy atom. The lowest BCUT2D eigenvalue weighted by Gasteiger charge is -2.05. The van der Waals surface area contributed by atoms with E-state index in [1.54, 1.807) is 24.3 Å². The molecule has 168 valence electrons. The topological polar surface area (TPSA) is 162 Å². The van der Waals surface area contributed by atoms with E-state index >= 15 is 0 Å². The number of fused-ring (bicyclic) bond motifs is 2. The van der Waals surface area contributed by atoms with Crippen LogP contribution < -0.4 is 5.56 Å². The number of halogens is 1. The standard InChI is InChI=1S/C20H15ClN6O6/c1-9-16(20(30)31)17-18(32-9)22-8-26(19(17)29)7-15-23-25-27(24-15)6-12(28)14-5-10-4-11(21)2-3-13(10)33-14/h2-5,8,12,28H,6-7H2,1H3,(H,30,31)/t12-/m0/s1. The van der Waals surface area contributed by atoms with E-state index in [0.29, 0.717) is 16.4 Å². The van der Waals surface area contributed by atoms with Crippen LogP contribution in [0.15, 0.2) is 44.2 Å². The van der Waals surface area contributed by atoms with Crippen molar-refractivity contribution >= 4 is 39.6 Å². The molecule has 1 aromatic carbocycles. The Morgan fingerprint density at radius 3 is 2.88 bits per heavy atom. The van der Waals surface area contributed by atoms with Gasteiger partial charge in [-0.2, -0.15) is 4.80 Å². The minimum Gasteiger partial charge on any atom is -0.478 e. The van der Waals surface area contributed by atoms with E-state index in [4.69, 9.17) is 20.4 Å². The van der Waals surface area contributed by atoms with Gasteiger partial charge in [0.15, 0.2) is 5.82 Å². The van der Waals surface area contributed by atoms with Crippen LogP contribution in [0, 0.1) is 6.92 Å². The molecular formula is C20H15ClN6O6. The molecule has 12 nitrogen and oxygen atoms in total. The maximum atomic E-state index is 12.8. The number of hydrogen-bond donors (Lipinski definition) is 2. The molecule has 0 saturated carbocycles. The Labute approximate surface area is 188 Å². The molecule has 33 heavy (non-hydrogen) atoms. The van der Waals surface area contributed by atoms with Crippen molar-refractivity contribution in [2.24, 2.45) is 0 Å². The smallest absolute Gasteiger partial charge is 0.340 e. The van der Waals surface area contributed by atoms with E-state index in [2.05, 4.69) is 20.4 Å². The Kier molecular flexibility index (Phi) is 4.95. The molecule has 0 aliphatic heterocycles. The van der Waals surface area contributed by atoms with Crippen molar-refractivity contribution in [2.45, 2.75) is 26.1 Å². The molecule has 13 heteroatoms. The second-order valence-electron chi connectivity index (χ2n) is 7.30. The van der Waals surface area contributed by atoms with Crippen LogP contribution in [0.25, 0.3) is 22.1 Å². The second kappa shape index (κ2) is 7.83. The highest BCUT2D eigenvalue weighted by molar-refractivity contribution is 6.31. The number of aliphatic hydroxyl groups is 1. The van der Waals surface area contributed by atoms with Crippen molar-refractivity contribution in [3.05, 3.63) is 68.9 Å². The van der Waals surface area contributed by atoms with Crippen LogP contribution in [0.2, 0.25) is 5.02 Å². The van der Waals surface area contributed by atoms with Crippen LogP contribution in [0.3, 0.4) is 0 Å². The quantitative estimate of drug-likeness (QED) is 0.376. The first-order valence-corrected chi connectivity index (χ1v) is 10.0. The van der Waals surface area contributed by atoms with Gasteiger partial charge in [-0.3, -0.25) is 9.36 Å². The fourth-order valence-electron chi connectivity index (χ4n) is 3.52. The first-order chi connectivity index (χ1) is 15.8. The molecular weight excluding hydrogens is 456 g/mol. The van der Waals surface area contributed by atoms with Crippen molar-refractivity contribution in [1.82, 2.24) is 29.8 Å². The molecule has 5 aromatic rings. The van der Waals surface area contributed by atoms with Crippen LogP contribution in [0.1, 0.15) is 33.8 Å². The molecule has 1 atom stereocenters. The van der Waals surface area contributed by atoms with Crippen LogP contribution in [-0.2, 0) is 13.1 Å². The van der Waals surface area contributed by atoms with E-state index in [9.17, 15) is 19.8 Å². The highest BCUT2D eigenvalue weighted by atomic mass is 35.5. The van der Waals surface area contributed by atoms with Gasteiger partial charge in [0.05, 0.1) is 13.1 Å². The number of furan rings is 2. The predicted molar refractivity (Wildman–Crippen MR) is 113 cm³/mol. The van der Waals surface area contributed by atoms with Crippen molar-refractivity contribution in [3.63, 3.8) is 0 Å². The molecule has 0 fully saturated rings. The van der Waals surface area contributed by atoms with Crippen LogP contribution in [-0.4, -0.2) is 45.9 Å². The van der Waals surface area contributed by atoms with E-state index in [0.717, 1.165) is 9.95 Å². The maximum absolute atomic E-state index is 12.8. The summed E-state index contributed by atoms with van der Waals surface area (Å²) in [5, 5.41) is 33.0. The summed E-state index contributed by atoms with van der Waals surface area (Å²) in [6.45, 7) is 1.30. The minimum absolute atomic E-state index is 0.0448. The van der Waals surface area contributed by atoms with Crippen molar-refractivity contribution < 1.29 is 23.8 Å². The maximum Gasteiger partial charge on any atom is 0.340 e. The lowest BCUT2D eigenvalue weighted by Crippen LogP contribution is -2.22. The molecule has 2 N–H and O–H groups in total. The average molecular weight is 471 g/mol. The van der Waals surface area contributed by atoms with E-state index in [-0.39, 0.29) is 41.3 Å². The number of carboxylic acid groups (broad SMARTS) is 1. The van der Waals surface area contributed by atoms with Crippen molar-refractivity contribution in [1.29, 1.82) is 0 Å². The number of hydrogen-bond acceptors (Lipinski definition) is 9. The molecule has 0 unspecified atom stereocenters. The predicted octanol–water partition coefficient (Wildman–Crippen LogP) is 2.16. The fraction of sp³-hybridized carbons (Fsp3) is 0.200. The molecule has 5 rings (SSSR count). The Hall–Kier alpha value is -4.03. The summed E-state index contributed by atoms with van der Waals surface area (Å²) in [6.07, 6.45) is 0.167. The lowest BCUT2D eigenvalue weighted by molar-refractivity contribution is 0.0696. The third-order valence-corrected chi connectivity index (χ3v) is 5.27. The largest absolute Gasteiger partial charge is 0.478 e. The third kappa shape index (κ3) is 3.75. The third-order valence-electron chi connectivity index (χ3n) is 5.04. The zero-order valence-corrected chi connectivity index (χ0v) is 17.7. The molecule has 0 bridgehead atoms. The molecule has 4 heterocycles. The van der Waals surface area contributed by atoms with Gasteiger partial charge >= 0.3 is 5.97 Å². The number of aliphatic hydroxyl groups excluding tert-OH is 1. The molecule has 0 saturated heterocycles. The van der Waals surface area contributed by atoms with Gasteiger partial charge in [0.2, 0.25) is 5.71 Å². The number of aryl methyl sites for hydroxylation is 1. The molecule has 0 radical (unpaired) electrons. The summed E-state index contributed by atoms with van der Waals surface area (Å²) < 4.78 is 12.1. The van der Waals surface area contributed by atoms with Gasteiger partial charge < -0.3 is 19.0 Å². The average Bonchev–Trinajstić information content (AvgIpc) is 3.46. The van der Waals surface area contributed by atoms with Gasteiger partial charge in [0.25, 0.3) is 5.56 Å². The van der Waals surface area contributed by atoms with Crippen molar-refractivity contribution in [2.75, 3.05) is 0 Å². The molecule has 0 spiro atoms. The SMILES string of the molecule is Cc1oc2ncn(Cc3nnn(C[C@H](O)c4cc5cc(Cl)ccc5o4)n3)c(=O)c2c1C(=O)O. The molecule has 0 aliphatic carbocycles. The van der Waals surface area contributed by atoms with Gasteiger partial charge in [-0.05, 0) is 36.4 Å². The van der Waals surface area contributed by atoms with Gasteiger partial charge in [0.1, 0.15) is 40.5 Å². The number of benzene rings is 1. The number of tetrazole rings is 1. The number of aromatic carboxylic acids is 1. The zero-order valence-electron chi connectivity index (χ0n) is 17.0. The summed E-state index contributed by atoms with van der Waals surface area (Å²) in [7, 11) is 0. The number of nitrogens with zero attached hydrogens (tertiary/aromatic N) is 6. The number of carbonyl (C=O) groups is 1. The summed E-state index contributed by atoms with van der Waals surface area (Å²) >= 11 is 5.98. The normalized spacial score (nSPS) is 12.6. The van der Waals surface area contributed by atoms with Gasteiger partial charge in [-0.1, -0.05) is 11.6 Å². The lowest BCUT2D eigenvalue weighted by atomic mass is 10.2. The van der Waals surface area contributed by atoms with Gasteiger partial charge in [-0.25, -0.2) is 9.78 Å². The summed E-state index contributed by atoms with van der Waals surface area (Å²) in [5.74, 6) is -0.716. The first-order valence-electron chi connectivity index (χ1n) is 9.65. The van der Waals surface area contributed by atoms with E-state index in [1.807, 2.05) is 0 Å². The first kappa shape index (κ1) is 20.8. The highest BCUT2D eigenvalue weighted by Gasteiger charge is 2.23. The van der Waals surface area contributed by atoms with Crippen LogP contribution >= 0.6 is 11.6 Å². The van der Waals surface area contributed by atoms with Gasteiger partial charge in [0, 0.05) is 10.4 Å². The summed E-state index contributed by atoms with van der Waals surface area (Å²) in [6, 6.07) is 6.80. The monoisotopic (exact) mass is 470 g/mol. The summed E-state index contributed by atoms with van der Waals surface area (Å²) in [5.41, 5.74) is -0.313. The van der Waals surface area contributed by atoms with Crippen LogP contribution in [0.4, 0.5) is 0 Å². The van der Waals surface area contributed by atoms with E-state index < -0.39 is 17.6 Å². The Morgan fingerprint density at radius 1 is 1.27 bits per heavy atom.